The fraction of sp³-hybridized carbons (Fsp3) is 0.652. The Balaban J connectivity index is 1.24. The first-order chi connectivity index (χ1) is 23.7. The maximum atomic E-state index is 11.4. The zero-order valence-electron chi connectivity index (χ0n) is 31.7. The number of unbranched alkanes of at least 4 members (excludes halogenated alkanes) is 22. The number of allylic oxidation sites excluding steroid dienone is 2. The van der Waals surface area contributed by atoms with Crippen LogP contribution in [0.1, 0.15) is 204 Å². The summed E-state index contributed by atoms with van der Waals surface area (Å²) in [6.07, 6.45) is 39.0. The van der Waals surface area contributed by atoms with E-state index in [9.17, 15) is 5.53 Å². The molecule has 0 radical (unpaired) electrons. The van der Waals surface area contributed by atoms with Crippen molar-refractivity contribution in [3.8, 4) is 0 Å². The van der Waals surface area contributed by atoms with Crippen molar-refractivity contribution in [3.05, 3.63) is 88.0 Å². The Morgan fingerprint density at radius 3 is 1.40 bits per heavy atom. The highest BCUT2D eigenvalue weighted by Gasteiger charge is 2.28. The molecule has 48 heavy (non-hydrogen) atoms. The van der Waals surface area contributed by atoms with Crippen LogP contribution in [0.25, 0.3) is 16.9 Å². The fourth-order valence-electron chi connectivity index (χ4n) is 7.38. The van der Waals surface area contributed by atoms with Gasteiger partial charge in [0.05, 0.1) is 0 Å². The summed E-state index contributed by atoms with van der Waals surface area (Å²) in [7, 11) is 0. The predicted octanol–water partition coefficient (Wildman–Crippen LogP) is 15.4. The largest absolute Gasteiger partial charge is 0.493 e. The van der Waals surface area contributed by atoms with Crippen molar-refractivity contribution in [2.45, 2.75) is 194 Å². The Bertz CT molecular complexity index is 1220. The van der Waals surface area contributed by atoms with Gasteiger partial charge in [-0.15, -0.1) is 0 Å². The van der Waals surface area contributed by atoms with Crippen molar-refractivity contribution < 1.29 is 4.70 Å². The number of hydrogen-bond acceptors (Lipinski definition) is 0. The van der Waals surface area contributed by atoms with Gasteiger partial charge < -0.3 is 5.53 Å². The maximum Gasteiger partial charge on any atom is 0.210 e. The second-order valence-corrected chi connectivity index (χ2v) is 14.7. The van der Waals surface area contributed by atoms with E-state index in [1.165, 1.54) is 163 Å². The zero-order chi connectivity index (χ0) is 34.1. The number of nitrogens with zero attached hydrogens (tertiary/aromatic N) is 2. The van der Waals surface area contributed by atoms with Crippen molar-refractivity contribution >= 4 is 11.4 Å². The summed E-state index contributed by atoms with van der Waals surface area (Å²) in [4.78, 5) is 0. The van der Waals surface area contributed by atoms with Crippen molar-refractivity contribution in [2.24, 2.45) is 0 Å². The van der Waals surface area contributed by atoms with Crippen molar-refractivity contribution in [3.63, 3.8) is 0 Å². The highest BCUT2D eigenvalue weighted by Crippen LogP contribution is 2.38. The van der Waals surface area contributed by atoms with Crippen LogP contribution in [-0.2, 0) is 12.8 Å². The van der Waals surface area contributed by atoms with E-state index in [1.54, 1.807) is 0 Å². The van der Waals surface area contributed by atoms with E-state index in [4.69, 9.17) is 0 Å². The first kappa shape index (κ1) is 40.0. The normalized spacial score (nSPS) is 13.1. The summed E-state index contributed by atoms with van der Waals surface area (Å²) in [6, 6.07) is 17.5. The lowest BCUT2D eigenvalue weighted by molar-refractivity contribution is -0.344. The highest BCUT2D eigenvalue weighted by atomic mass is 15.2. The lowest BCUT2D eigenvalue weighted by atomic mass is 9.99. The van der Waals surface area contributed by atoms with Gasteiger partial charge in [-0.3, -0.25) is 0 Å². The molecule has 0 saturated heterocycles. The van der Waals surface area contributed by atoms with Crippen LogP contribution in [0.2, 0.25) is 0 Å². The highest BCUT2D eigenvalue weighted by molar-refractivity contribution is 5.78. The number of hydrogen-bond donors (Lipinski definition) is 0. The number of rotatable bonds is 29. The molecule has 0 aromatic heterocycles. The van der Waals surface area contributed by atoms with Crippen LogP contribution in [0.3, 0.4) is 0 Å². The van der Waals surface area contributed by atoms with E-state index in [0.29, 0.717) is 0 Å². The Hall–Kier alpha value is -2.48. The average Bonchev–Trinajstić information content (AvgIpc) is 3.45. The van der Waals surface area contributed by atoms with Gasteiger partial charge in [0.2, 0.25) is 11.4 Å². The Morgan fingerprint density at radius 1 is 0.458 bits per heavy atom. The summed E-state index contributed by atoms with van der Waals surface area (Å²) >= 11 is 0. The quantitative estimate of drug-likeness (QED) is 0.0617. The Kier molecular flexibility index (Phi) is 21.2. The van der Waals surface area contributed by atoms with Gasteiger partial charge in [-0.2, -0.15) is 0 Å². The molecule has 2 aromatic carbocycles. The molecular formula is C46H72N2. The molecule has 0 saturated carbocycles. The van der Waals surface area contributed by atoms with E-state index in [1.807, 2.05) is 0 Å². The van der Waals surface area contributed by atoms with E-state index in [-0.39, 0.29) is 0 Å². The lowest BCUT2D eigenvalue weighted by Crippen LogP contribution is -2.03. The molecule has 1 aliphatic rings. The Labute approximate surface area is 297 Å². The first-order valence-corrected chi connectivity index (χ1v) is 20.8. The van der Waals surface area contributed by atoms with Gasteiger partial charge in [-0.1, -0.05) is 186 Å². The molecule has 0 unspecified atom stereocenters. The Morgan fingerprint density at radius 2 is 0.896 bits per heavy atom. The van der Waals surface area contributed by atoms with Gasteiger partial charge in [-0.25, -0.2) is 4.70 Å². The molecule has 2 heteroatoms. The molecule has 0 fully saturated rings. The summed E-state index contributed by atoms with van der Waals surface area (Å²) in [5.41, 5.74) is 19.5. The molecule has 2 nitrogen and oxygen atoms in total. The minimum Gasteiger partial charge on any atom is -0.493 e. The molecule has 0 bridgehead atoms. The molecule has 0 spiro atoms. The van der Waals surface area contributed by atoms with Gasteiger partial charge in [0, 0.05) is 22.8 Å². The number of aryl methyl sites for hydroxylation is 2. The van der Waals surface area contributed by atoms with Crippen LogP contribution >= 0.6 is 0 Å². The molecule has 0 N–H and O–H groups in total. The topological polar surface area (TPSA) is 25.3 Å². The van der Waals surface area contributed by atoms with Crippen LogP contribution < -0.4 is 0 Å². The van der Waals surface area contributed by atoms with E-state index in [2.05, 4.69) is 75.4 Å². The second kappa shape index (κ2) is 25.5. The van der Waals surface area contributed by atoms with Gasteiger partial charge in [0.25, 0.3) is 0 Å². The maximum absolute atomic E-state index is 11.4. The van der Waals surface area contributed by atoms with Crippen molar-refractivity contribution in [1.82, 2.24) is 0 Å². The lowest BCUT2D eigenvalue weighted by Gasteiger charge is -2.11. The first-order valence-electron chi connectivity index (χ1n) is 20.8. The van der Waals surface area contributed by atoms with E-state index < -0.39 is 0 Å². The van der Waals surface area contributed by atoms with Gasteiger partial charge >= 0.3 is 0 Å². The van der Waals surface area contributed by atoms with Crippen LogP contribution in [0, 0.1) is 0 Å². The molecule has 266 valence electrons. The van der Waals surface area contributed by atoms with Crippen LogP contribution in [0.15, 0.2) is 60.2 Å². The molecule has 0 amide bonds. The second-order valence-electron chi connectivity index (χ2n) is 14.7. The van der Waals surface area contributed by atoms with Crippen molar-refractivity contribution in [1.29, 1.82) is 0 Å². The van der Waals surface area contributed by atoms with Crippen LogP contribution in [0.5, 0.6) is 0 Å². The van der Waals surface area contributed by atoms with E-state index in [0.717, 1.165) is 54.6 Å². The van der Waals surface area contributed by atoms with Gasteiger partial charge in [-0.05, 0) is 67.5 Å². The summed E-state index contributed by atoms with van der Waals surface area (Å²) < 4.78 is 1.46. The summed E-state index contributed by atoms with van der Waals surface area (Å²) in [5.74, 6) is 0. The molecular weight excluding hydrogens is 581 g/mol. The summed E-state index contributed by atoms with van der Waals surface area (Å²) in [6.45, 7) is 6.73. The standard InChI is InChI=1S/C46H72N2/c1-4-7-9-10-11-12-13-14-15-16-17-18-19-20-21-22-23-24-25-26-27-28-31-41-33-30-36-43(38-41)46-44(34-8-5-2)39-45(48(46)47)42-35-29-32-40(6-3)37-42/h29-30,32-33,35-39H,4-28,31,34H2,1-3H3. The minimum atomic E-state index is 0.899. The summed E-state index contributed by atoms with van der Waals surface area (Å²) in [5, 5.41) is 0. The molecule has 0 aliphatic carbocycles. The fourth-order valence-corrected chi connectivity index (χ4v) is 7.38. The zero-order valence-corrected chi connectivity index (χ0v) is 31.7. The molecule has 0 atom stereocenters. The minimum absolute atomic E-state index is 0.899. The SMILES string of the molecule is CCCCCCCCCCCCCCCCCCCCCCCCc1cccc(C2=C(CCCC)C=C(c3cccc(CC)c3)[N+]2=[N-])c1. The third kappa shape index (κ3) is 15.4. The molecule has 2 aromatic rings. The third-order valence-corrected chi connectivity index (χ3v) is 10.5. The molecule has 1 aliphatic heterocycles. The van der Waals surface area contributed by atoms with Crippen LogP contribution in [-0.4, -0.2) is 4.70 Å². The monoisotopic (exact) mass is 653 g/mol. The van der Waals surface area contributed by atoms with Gasteiger partial charge in [0.15, 0.2) is 0 Å². The van der Waals surface area contributed by atoms with E-state index >= 15 is 0 Å². The predicted molar refractivity (Wildman–Crippen MR) is 211 cm³/mol. The van der Waals surface area contributed by atoms with Crippen LogP contribution in [0.4, 0.5) is 0 Å². The van der Waals surface area contributed by atoms with Gasteiger partial charge in [0.1, 0.15) is 0 Å². The number of benzene rings is 2. The smallest absolute Gasteiger partial charge is 0.210 e. The average molecular weight is 653 g/mol. The van der Waals surface area contributed by atoms with Crippen molar-refractivity contribution in [2.75, 3.05) is 0 Å². The molecule has 3 rings (SSSR count). The third-order valence-electron chi connectivity index (χ3n) is 10.5. The molecule has 1 heterocycles.